The molecule has 1 heteroatoms. The van der Waals surface area contributed by atoms with E-state index in [-0.39, 0.29) is 0 Å². The molecule has 0 aliphatic carbocycles. The molecule has 0 aliphatic rings. The average Bonchev–Trinajstić information content (AvgIpc) is 1.98. The average molecular weight is 143 g/mol. The SMILES string of the molecule is C[CH]C(C)CCCCCO. The highest BCUT2D eigenvalue weighted by molar-refractivity contribution is 4.65. The molecule has 1 radical (unpaired) electrons. The number of rotatable bonds is 6. The standard InChI is InChI=1S/C9H19O/c1-3-9(2)7-5-4-6-8-10/h3,9-10H,4-8H2,1-2H3. The summed E-state index contributed by atoms with van der Waals surface area (Å²) in [5.74, 6) is 0.749. The van der Waals surface area contributed by atoms with Gasteiger partial charge in [-0.3, -0.25) is 0 Å². The van der Waals surface area contributed by atoms with E-state index in [9.17, 15) is 0 Å². The van der Waals surface area contributed by atoms with Crippen LogP contribution in [0, 0.1) is 12.3 Å². The summed E-state index contributed by atoms with van der Waals surface area (Å²) in [4.78, 5) is 0. The van der Waals surface area contributed by atoms with Crippen LogP contribution in [0.5, 0.6) is 0 Å². The largest absolute Gasteiger partial charge is 0.396 e. The van der Waals surface area contributed by atoms with Crippen LogP contribution in [0.25, 0.3) is 0 Å². The topological polar surface area (TPSA) is 20.2 Å². The van der Waals surface area contributed by atoms with Crippen molar-refractivity contribution in [3.8, 4) is 0 Å². The van der Waals surface area contributed by atoms with Crippen molar-refractivity contribution < 1.29 is 5.11 Å². The molecule has 61 valence electrons. The van der Waals surface area contributed by atoms with Crippen LogP contribution < -0.4 is 0 Å². The van der Waals surface area contributed by atoms with Crippen molar-refractivity contribution in [1.82, 2.24) is 0 Å². The van der Waals surface area contributed by atoms with Gasteiger partial charge in [0.15, 0.2) is 0 Å². The Balaban J connectivity index is 2.89. The summed E-state index contributed by atoms with van der Waals surface area (Å²) >= 11 is 0. The lowest BCUT2D eigenvalue weighted by Gasteiger charge is -2.05. The number of hydrogen-bond donors (Lipinski definition) is 1. The third kappa shape index (κ3) is 6.09. The summed E-state index contributed by atoms with van der Waals surface area (Å²) < 4.78 is 0. The van der Waals surface area contributed by atoms with Crippen molar-refractivity contribution in [2.75, 3.05) is 6.61 Å². The summed E-state index contributed by atoms with van der Waals surface area (Å²) in [5, 5.41) is 8.48. The Kier molecular flexibility index (Phi) is 7.04. The lowest BCUT2D eigenvalue weighted by molar-refractivity contribution is 0.281. The Morgan fingerprint density at radius 2 is 2.00 bits per heavy atom. The second-order valence-corrected chi connectivity index (χ2v) is 2.88. The molecule has 0 spiro atoms. The van der Waals surface area contributed by atoms with Gasteiger partial charge in [-0.05, 0) is 18.8 Å². The van der Waals surface area contributed by atoms with Crippen molar-refractivity contribution in [3.05, 3.63) is 6.42 Å². The second-order valence-electron chi connectivity index (χ2n) is 2.88. The minimum absolute atomic E-state index is 0.351. The fourth-order valence-corrected chi connectivity index (χ4v) is 0.922. The molecule has 1 unspecified atom stereocenters. The highest BCUT2D eigenvalue weighted by Gasteiger charge is 1.97. The van der Waals surface area contributed by atoms with Gasteiger partial charge in [-0.2, -0.15) is 0 Å². The second kappa shape index (κ2) is 7.07. The van der Waals surface area contributed by atoms with Crippen molar-refractivity contribution in [2.45, 2.75) is 39.5 Å². The summed E-state index contributed by atoms with van der Waals surface area (Å²) in [5.41, 5.74) is 0. The fourth-order valence-electron chi connectivity index (χ4n) is 0.922. The molecule has 0 aromatic heterocycles. The van der Waals surface area contributed by atoms with Crippen LogP contribution in [0.3, 0.4) is 0 Å². The van der Waals surface area contributed by atoms with Crippen LogP contribution in [-0.2, 0) is 0 Å². The summed E-state index contributed by atoms with van der Waals surface area (Å²) in [6, 6.07) is 0. The fraction of sp³-hybridized carbons (Fsp3) is 0.889. The molecule has 0 aromatic carbocycles. The molecule has 0 fully saturated rings. The Labute approximate surface area is 64.5 Å². The van der Waals surface area contributed by atoms with E-state index in [1.165, 1.54) is 19.3 Å². The van der Waals surface area contributed by atoms with Gasteiger partial charge in [-0.1, -0.05) is 33.1 Å². The Morgan fingerprint density at radius 1 is 1.30 bits per heavy atom. The summed E-state index contributed by atoms with van der Waals surface area (Å²) in [7, 11) is 0. The van der Waals surface area contributed by atoms with Gasteiger partial charge in [-0.25, -0.2) is 0 Å². The predicted molar refractivity (Wildman–Crippen MR) is 44.7 cm³/mol. The van der Waals surface area contributed by atoms with Crippen LogP contribution in [0.2, 0.25) is 0 Å². The van der Waals surface area contributed by atoms with E-state index in [1.807, 2.05) is 0 Å². The van der Waals surface area contributed by atoms with Gasteiger partial charge < -0.3 is 5.11 Å². The highest BCUT2D eigenvalue weighted by atomic mass is 16.2. The van der Waals surface area contributed by atoms with Gasteiger partial charge in [0, 0.05) is 6.61 Å². The summed E-state index contributed by atoms with van der Waals surface area (Å²) in [6.45, 7) is 4.69. The zero-order valence-corrected chi connectivity index (χ0v) is 7.14. The van der Waals surface area contributed by atoms with E-state index < -0.39 is 0 Å². The van der Waals surface area contributed by atoms with Crippen molar-refractivity contribution in [2.24, 2.45) is 5.92 Å². The van der Waals surface area contributed by atoms with Gasteiger partial charge in [0.05, 0.1) is 0 Å². The monoisotopic (exact) mass is 143 g/mol. The number of unbranched alkanes of at least 4 members (excludes halogenated alkanes) is 2. The first-order chi connectivity index (χ1) is 4.81. The maximum absolute atomic E-state index is 8.48. The quantitative estimate of drug-likeness (QED) is 0.566. The van der Waals surface area contributed by atoms with E-state index in [4.69, 9.17) is 5.11 Å². The maximum Gasteiger partial charge on any atom is 0.0431 e. The molecule has 0 amide bonds. The van der Waals surface area contributed by atoms with Gasteiger partial charge >= 0.3 is 0 Å². The van der Waals surface area contributed by atoms with Gasteiger partial charge in [0.1, 0.15) is 0 Å². The molecular formula is C9H19O. The molecular weight excluding hydrogens is 124 g/mol. The van der Waals surface area contributed by atoms with Crippen molar-refractivity contribution >= 4 is 0 Å². The van der Waals surface area contributed by atoms with E-state index in [1.54, 1.807) is 0 Å². The molecule has 0 rings (SSSR count). The summed E-state index contributed by atoms with van der Waals surface area (Å²) in [6.07, 6.45) is 6.91. The molecule has 10 heavy (non-hydrogen) atoms. The first kappa shape index (κ1) is 9.96. The van der Waals surface area contributed by atoms with Crippen LogP contribution in [0.4, 0.5) is 0 Å². The van der Waals surface area contributed by atoms with E-state index >= 15 is 0 Å². The zero-order chi connectivity index (χ0) is 7.82. The van der Waals surface area contributed by atoms with Gasteiger partial charge in [-0.15, -0.1) is 0 Å². The van der Waals surface area contributed by atoms with Gasteiger partial charge in [0.2, 0.25) is 0 Å². The van der Waals surface area contributed by atoms with Crippen LogP contribution in [0.1, 0.15) is 39.5 Å². The van der Waals surface area contributed by atoms with Crippen LogP contribution in [0.15, 0.2) is 0 Å². The molecule has 0 bridgehead atoms. The molecule has 0 saturated carbocycles. The first-order valence-electron chi connectivity index (χ1n) is 4.21. The molecule has 1 N–H and O–H groups in total. The highest BCUT2D eigenvalue weighted by Crippen LogP contribution is 2.10. The molecule has 0 saturated heterocycles. The van der Waals surface area contributed by atoms with E-state index in [0.717, 1.165) is 12.3 Å². The van der Waals surface area contributed by atoms with Crippen LogP contribution in [-0.4, -0.2) is 11.7 Å². The Morgan fingerprint density at radius 3 is 2.50 bits per heavy atom. The molecule has 0 aliphatic heterocycles. The van der Waals surface area contributed by atoms with Crippen LogP contribution >= 0.6 is 0 Å². The number of hydrogen-bond acceptors (Lipinski definition) is 1. The van der Waals surface area contributed by atoms with E-state index in [2.05, 4.69) is 20.3 Å². The minimum atomic E-state index is 0.351. The normalized spacial score (nSPS) is 13.5. The Bertz CT molecular complexity index is 61.7. The smallest absolute Gasteiger partial charge is 0.0431 e. The predicted octanol–water partition coefficient (Wildman–Crippen LogP) is 2.40. The molecule has 0 aromatic rings. The minimum Gasteiger partial charge on any atom is -0.396 e. The first-order valence-corrected chi connectivity index (χ1v) is 4.21. The van der Waals surface area contributed by atoms with Crippen molar-refractivity contribution in [1.29, 1.82) is 0 Å². The zero-order valence-electron chi connectivity index (χ0n) is 7.14. The molecule has 1 nitrogen and oxygen atoms in total. The number of aliphatic hydroxyl groups excluding tert-OH is 1. The van der Waals surface area contributed by atoms with Crippen molar-refractivity contribution in [3.63, 3.8) is 0 Å². The van der Waals surface area contributed by atoms with E-state index in [0.29, 0.717) is 6.61 Å². The third-order valence-corrected chi connectivity index (χ3v) is 1.89. The lowest BCUT2D eigenvalue weighted by atomic mass is 10.0. The third-order valence-electron chi connectivity index (χ3n) is 1.89. The molecule has 1 atom stereocenters. The Hall–Kier alpha value is -0.0400. The molecule has 0 heterocycles. The van der Waals surface area contributed by atoms with Gasteiger partial charge in [0.25, 0.3) is 0 Å². The number of aliphatic hydroxyl groups is 1. The lowest BCUT2D eigenvalue weighted by Crippen LogP contribution is -1.93. The maximum atomic E-state index is 8.48.